The summed E-state index contributed by atoms with van der Waals surface area (Å²) in [5.74, 6) is -1.65. The van der Waals surface area contributed by atoms with Gasteiger partial charge in [0.15, 0.2) is 31.3 Å². The van der Waals surface area contributed by atoms with Gasteiger partial charge < -0.3 is 110 Å². The summed E-state index contributed by atoms with van der Waals surface area (Å²) >= 11 is 0. The minimum atomic E-state index is -2.11. The van der Waals surface area contributed by atoms with Gasteiger partial charge in [-0.1, -0.05) is 0 Å². The smallest absolute Gasteiger partial charge is 0.335 e. The van der Waals surface area contributed by atoms with Crippen LogP contribution >= 0.6 is 0 Å². The molecular formula is C29H51NO22. The molecule has 4 rings (SSSR count). The van der Waals surface area contributed by atoms with Gasteiger partial charge in [-0.15, -0.1) is 0 Å². The fraction of sp³-hybridized carbons (Fsp3) is 0.966. The Morgan fingerprint density at radius 1 is 0.500 bits per heavy atom. The van der Waals surface area contributed by atoms with E-state index in [1.54, 1.807) is 0 Å². The monoisotopic (exact) mass is 765 g/mol. The second-order valence-corrected chi connectivity index (χ2v) is 12.9. The fourth-order valence-corrected chi connectivity index (χ4v) is 6.26. The second-order valence-electron chi connectivity index (χ2n) is 12.9. The zero-order chi connectivity index (χ0) is 38.4. The molecule has 0 saturated carbocycles. The van der Waals surface area contributed by atoms with E-state index < -0.39 is 149 Å². The number of hydrogen-bond acceptors (Lipinski definition) is 22. The Balaban J connectivity index is 1.41. The minimum Gasteiger partial charge on any atom is -0.479 e. The van der Waals surface area contributed by atoms with Crippen molar-refractivity contribution in [3.63, 3.8) is 0 Å². The summed E-state index contributed by atoms with van der Waals surface area (Å²) in [7, 11) is 0. The summed E-state index contributed by atoms with van der Waals surface area (Å²) in [6, 6.07) is 0. The van der Waals surface area contributed by atoms with Crippen LogP contribution < -0.4 is 5.73 Å². The molecule has 4 aliphatic rings. The molecule has 0 aromatic carbocycles. The van der Waals surface area contributed by atoms with Crippen molar-refractivity contribution in [2.45, 2.75) is 142 Å². The Morgan fingerprint density at radius 2 is 0.923 bits per heavy atom. The van der Waals surface area contributed by atoms with E-state index in [-0.39, 0.29) is 6.61 Å². The van der Waals surface area contributed by atoms with E-state index in [1.807, 2.05) is 0 Å². The molecule has 8 unspecified atom stereocenters. The first kappa shape index (κ1) is 43.4. The molecule has 23 nitrogen and oxygen atoms in total. The van der Waals surface area contributed by atoms with Crippen LogP contribution in [-0.2, 0) is 42.7 Å². The number of hydrogen-bond donors (Lipinski definition) is 14. The summed E-state index contributed by atoms with van der Waals surface area (Å²) in [4.78, 5) is 12.1. The van der Waals surface area contributed by atoms with Crippen LogP contribution in [0.25, 0.3) is 0 Å². The molecule has 304 valence electrons. The highest BCUT2D eigenvalue weighted by Crippen LogP contribution is 2.34. The maximum Gasteiger partial charge on any atom is 0.335 e. The van der Waals surface area contributed by atoms with Crippen LogP contribution in [0.5, 0.6) is 0 Å². The molecular weight excluding hydrogens is 714 g/mol. The minimum absolute atomic E-state index is 0.0456. The average Bonchev–Trinajstić information content (AvgIpc) is 3.13. The van der Waals surface area contributed by atoms with E-state index in [1.165, 1.54) is 0 Å². The van der Waals surface area contributed by atoms with Gasteiger partial charge in [-0.3, -0.25) is 0 Å². The van der Waals surface area contributed by atoms with Crippen LogP contribution in [0.4, 0.5) is 0 Å². The normalized spacial score (nSPS) is 47.3. The zero-order valence-electron chi connectivity index (χ0n) is 27.8. The molecule has 15 N–H and O–H groups in total. The third kappa shape index (κ3) is 9.52. The summed E-state index contributed by atoms with van der Waals surface area (Å²) in [5.41, 5.74) is 5.44. The summed E-state index contributed by atoms with van der Waals surface area (Å²) < 4.78 is 43.7. The average molecular weight is 766 g/mol. The number of carbonyl (C=O) groups is 1. The summed E-state index contributed by atoms with van der Waals surface area (Å²) in [5, 5.41) is 135. The lowest BCUT2D eigenvalue weighted by Gasteiger charge is -2.48. The van der Waals surface area contributed by atoms with Crippen LogP contribution in [0, 0.1) is 0 Å². The molecule has 23 heteroatoms. The van der Waals surface area contributed by atoms with Crippen molar-refractivity contribution in [2.75, 3.05) is 33.0 Å². The molecule has 0 bridgehead atoms. The lowest BCUT2D eigenvalue weighted by atomic mass is 9.95. The van der Waals surface area contributed by atoms with Gasteiger partial charge in [0.2, 0.25) is 0 Å². The maximum atomic E-state index is 12.1. The number of rotatable bonds is 16. The first-order valence-electron chi connectivity index (χ1n) is 16.8. The Labute approximate surface area is 296 Å². The summed E-state index contributed by atoms with van der Waals surface area (Å²) in [6.07, 6.45) is -34.8. The number of carboxylic acid groups (broad SMARTS) is 1. The Bertz CT molecular complexity index is 1090. The van der Waals surface area contributed by atoms with Gasteiger partial charge in [0.05, 0.1) is 19.8 Å². The van der Waals surface area contributed by atoms with Crippen molar-refractivity contribution in [1.82, 2.24) is 0 Å². The van der Waals surface area contributed by atoms with Gasteiger partial charge in [0.25, 0.3) is 0 Å². The second kappa shape index (κ2) is 19.5. The maximum absolute atomic E-state index is 12.1. The van der Waals surface area contributed by atoms with E-state index in [9.17, 15) is 71.2 Å². The first-order chi connectivity index (χ1) is 24.7. The number of nitrogens with two attached hydrogens (primary N) is 1. The molecule has 0 radical (unpaired) electrons. The predicted octanol–water partition coefficient (Wildman–Crippen LogP) is -8.50. The molecule has 4 fully saturated rings. The molecule has 4 heterocycles. The lowest BCUT2D eigenvalue weighted by Crippen LogP contribution is -2.67. The SMILES string of the molecule is NCCCCCO[C@@H]1OC(C(=O)O)[C@@H](O[C@H]2OC(CO)[C@H](O[C@H]3OC(CO)[C@@H](O[C@@H]4OC(CO)[C@@H](O)[C@H](O)C4O)[C@H](O)C3O)[C@H](O)C2O)[C@H](O)C1O. The van der Waals surface area contributed by atoms with E-state index in [0.29, 0.717) is 25.8 Å². The van der Waals surface area contributed by atoms with Crippen LogP contribution in [0.1, 0.15) is 19.3 Å². The van der Waals surface area contributed by atoms with Gasteiger partial charge in [0, 0.05) is 6.61 Å². The van der Waals surface area contributed by atoms with Gasteiger partial charge in [-0.05, 0) is 25.8 Å². The number of ether oxygens (including phenoxy) is 8. The van der Waals surface area contributed by atoms with Crippen LogP contribution in [0.2, 0.25) is 0 Å². The Hall–Kier alpha value is -1.37. The molecule has 0 spiro atoms. The molecule has 20 atom stereocenters. The van der Waals surface area contributed by atoms with Crippen molar-refractivity contribution in [3.05, 3.63) is 0 Å². The van der Waals surface area contributed by atoms with Crippen molar-refractivity contribution in [2.24, 2.45) is 5.73 Å². The van der Waals surface area contributed by atoms with Gasteiger partial charge >= 0.3 is 5.97 Å². The lowest BCUT2D eigenvalue weighted by molar-refractivity contribution is -0.387. The van der Waals surface area contributed by atoms with Gasteiger partial charge in [-0.2, -0.15) is 0 Å². The number of carboxylic acids is 1. The molecule has 4 saturated heterocycles. The van der Waals surface area contributed by atoms with E-state index in [4.69, 9.17) is 43.6 Å². The third-order valence-corrected chi connectivity index (χ3v) is 9.28. The van der Waals surface area contributed by atoms with Crippen molar-refractivity contribution < 1.29 is 109 Å². The topological polar surface area (TPSA) is 380 Å². The molecule has 4 aliphatic heterocycles. The molecule has 0 aromatic heterocycles. The standard InChI is InChI=1S/C29H51NO22/c30-4-2-1-3-5-45-26-18(40)16(38)23(24(52-26)25(43)44)51-29-20(42)15(37)22(11(8-33)48-29)50-28-19(41)14(36)21(10(7-32)47-28)49-27-17(39)13(35)12(34)9(6-31)46-27/h9-24,26-29,31-42H,1-8,30H2,(H,43,44)/t9?,10?,11?,12-,13+,14-,15-,16-,17?,18?,19?,20?,21-,22+,23+,24?,26-,27+,28-,29-/m1/s1. The molecule has 0 aromatic rings. The van der Waals surface area contributed by atoms with E-state index in [0.717, 1.165) is 0 Å². The van der Waals surface area contributed by atoms with Crippen molar-refractivity contribution in [3.8, 4) is 0 Å². The molecule has 52 heavy (non-hydrogen) atoms. The number of aliphatic hydroxyl groups is 12. The highest BCUT2D eigenvalue weighted by molar-refractivity contribution is 5.73. The van der Waals surface area contributed by atoms with Crippen molar-refractivity contribution >= 4 is 5.97 Å². The first-order valence-corrected chi connectivity index (χ1v) is 16.8. The van der Waals surface area contributed by atoms with Crippen LogP contribution in [-0.4, -0.2) is 228 Å². The summed E-state index contributed by atoms with van der Waals surface area (Å²) in [6.45, 7) is -2.18. The highest BCUT2D eigenvalue weighted by Gasteiger charge is 2.56. The zero-order valence-corrected chi connectivity index (χ0v) is 27.8. The van der Waals surface area contributed by atoms with E-state index >= 15 is 0 Å². The van der Waals surface area contributed by atoms with Crippen LogP contribution in [0.15, 0.2) is 0 Å². The molecule has 0 aliphatic carbocycles. The van der Waals surface area contributed by atoms with Gasteiger partial charge in [-0.25, -0.2) is 4.79 Å². The molecule has 0 amide bonds. The quantitative estimate of drug-likeness (QED) is 0.0649. The third-order valence-electron chi connectivity index (χ3n) is 9.28. The predicted molar refractivity (Wildman–Crippen MR) is 161 cm³/mol. The Morgan fingerprint density at radius 3 is 1.38 bits per heavy atom. The van der Waals surface area contributed by atoms with Crippen molar-refractivity contribution in [1.29, 1.82) is 0 Å². The number of unbranched alkanes of at least 4 members (excludes halogenated alkanes) is 2. The van der Waals surface area contributed by atoms with E-state index in [2.05, 4.69) is 0 Å². The Kier molecular flexibility index (Phi) is 16.2. The van der Waals surface area contributed by atoms with Gasteiger partial charge in [0.1, 0.15) is 91.6 Å². The number of aliphatic carboxylic acids is 1. The highest BCUT2D eigenvalue weighted by atomic mass is 16.8. The van der Waals surface area contributed by atoms with Crippen LogP contribution in [0.3, 0.4) is 0 Å². The number of aliphatic hydroxyl groups excluding tert-OH is 12. The largest absolute Gasteiger partial charge is 0.479 e. The fourth-order valence-electron chi connectivity index (χ4n) is 6.26.